The highest BCUT2D eigenvalue weighted by molar-refractivity contribution is 7.89. The second-order valence-corrected chi connectivity index (χ2v) is 12.5. The summed E-state index contributed by atoms with van der Waals surface area (Å²) in [6.45, 7) is 9.62. The minimum Gasteiger partial charge on any atom is -0.365 e. The van der Waals surface area contributed by atoms with Crippen molar-refractivity contribution in [3.05, 3.63) is 54.1 Å². The van der Waals surface area contributed by atoms with E-state index in [1.807, 2.05) is 43.3 Å². The lowest BCUT2D eigenvalue weighted by Gasteiger charge is -2.29. The Balaban J connectivity index is 1.30. The number of nitrogens with zero attached hydrogens (tertiary/aromatic N) is 2. The maximum absolute atomic E-state index is 12.6. The number of aryl methyl sites for hydroxylation is 1. The Kier molecular flexibility index (Phi) is 7.62. The monoisotopic (exact) mass is 495 g/mol. The Hall–Kier alpha value is -2.71. The Bertz CT molecular complexity index is 1240. The molecule has 7 nitrogen and oxygen atoms in total. The minimum absolute atomic E-state index is 0.103. The van der Waals surface area contributed by atoms with Gasteiger partial charge >= 0.3 is 0 Å². The highest BCUT2D eigenvalue weighted by Crippen LogP contribution is 2.30. The second kappa shape index (κ2) is 10.5. The third-order valence-electron chi connectivity index (χ3n) is 6.51. The van der Waals surface area contributed by atoms with E-state index >= 15 is 0 Å². The topological polar surface area (TPSA) is 96.0 Å². The van der Waals surface area contributed by atoms with Crippen LogP contribution in [0.5, 0.6) is 0 Å². The largest absolute Gasteiger partial charge is 0.365 e. The van der Waals surface area contributed by atoms with E-state index in [9.17, 15) is 8.42 Å². The zero-order chi connectivity index (χ0) is 25.1. The number of anilines is 2. The van der Waals surface area contributed by atoms with Crippen LogP contribution in [0.4, 0.5) is 11.8 Å². The normalized spacial score (nSPS) is 19.0. The Morgan fingerprint density at radius 1 is 0.886 bits per heavy atom. The zero-order valence-electron chi connectivity index (χ0n) is 21.1. The van der Waals surface area contributed by atoms with Gasteiger partial charge in [-0.2, -0.15) is 4.98 Å². The lowest BCUT2D eigenvalue weighted by atomic mass is 9.82. The Labute approximate surface area is 209 Å². The number of hydrogen-bond acceptors (Lipinski definition) is 6. The lowest BCUT2D eigenvalue weighted by molar-refractivity contribution is 0.284. The van der Waals surface area contributed by atoms with Crippen molar-refractivity contribution >= 4 is 32.7 Å². The molecule has 188 valence electrons. The van der Waals surface area contributed by atoms with Gasteiger partial charge in [-0.15, -0.1) is 0 Å². The maximum Gasteiger partial charge on any atom is 0.240 e. The van der Waals surface area contributed by atoms with Gasteiger partial charge in [-0.3, -0.25) is 0 Å². The standard InChI is InChI=1S/C27H37N5O2S/c1-19-9-15-22(16-10-19)35(33,34)29-18-21-13-11-20(12-14-21)17-28-26-30-24-8-6-5-7-23(24)25(31-26)32-27(2,3)4/h5-10,15-16,20-21,29H,11-14,17-18H2,1-4H3,(H2,28,30,31,32)/t20-,21-. The molecular weight excluding hydrogens is 458 g/mol. The zero-order valence-corrected chi connectivity index (χ0v) is 22.0. The van der Waals surface area contributed by atoms with Gasteiger partial charge in [-0.25, -0.2) is 18.1 Å². The molecule has 8 heteroatoms. The molecule has 1 fully saturated rings. The number of fused-ring (bicyclic) bond motifs is 1. The Morgan fingerprint density at radius 3 is 2.17 bits per heavy atom. The van der Waals surface area contributed by atoms with E-state index in [2.05, 4.69) is 36.1 Å². The van der Waals surface area contributed by atoms with Crippen LogP contribution in [0.3, 0.4) is 0 Å². The van der Waals surface area contributed by atoms with Crippen LogP contribution < -0.4 is 15.4 Å². The predicted molar refractivity (Wildman–Crippen MR) is 143 cm³/mol. The molecule has 3 N–H and O–H groups in total. The summed E-state index contributed by atoms with van der Waals surface area (Å²) < 4.78 is 28.0. The van der Waals surface area contributed by atoms with Crippen LogP contribution in [0.2, 0.25) is 0 Å². The number of rotatable bonds is 8. The highest BCUT2D eigenvalue weighted by Gasteiger charge is 2.24. The van der Waals surface area contributed by atoms with Crippen LogP contribution in [0.25, 0.3) is 10.9 Å². The molecule has 1 aromatic heterocycles. The van der Waals surface area contributed by atoms with E-state index in [1.54, 1.807) is 12.1 Å². The van der Waals surface area contributed by atoms with Crippen molar-refractivity contribution in [1.82, 2.24) is 14.7 Å². The molecule has 1 aliphatic carbocycles. The first-order valence-corrected chi connectivity index (χ1v) is 13.9. The summed E-state index contributed by atoms with van der Waals surface area (Å²) in [5.74, 6) is 2.37. The maximum atomic E-state index is 12.6. The first-order valence-electron chi connectivity index (χ1n) is 12.4. The average Bonchev–Trinajstić information content (AvgIpc) is 2.81. The van der Waals surface area contributed by atoms with Gasteiger partial charge in [0.15, 0.2) is 0 Å². The molecule has 0 atom stereocenters. The van der Waals surface area contributed by atoms with Gasteiger partial charge in [0.2, 0.25) is 16.0 Å². The molecule has 0 radical (unpaired) electrons. The van der Waals surface area contributed by atoms with Crippen LogP contribution in [0.1, 0.15) is 52.0 Å². The van der Waals surface area contributed by atoms with E-state index in [0.29, 0.717) is 29.2 Å². The summed E-state index contributed by atoms with van der Waals surface area (Å²) in [5.41, 5.74) is 1.86. The molecular formula is C27H37N5O2S. The van der Waals surface area contributed by atoms with Crippen molar-refractivity contribution in [2.75, 3.05) is 23.7 Å². The summed E-state index contributed by atoms with van der Waals surface area (Å²) in [4.78, 5) is 9.81. The minimum atomic E-state index is -3.46. The van der Waals surface area contributed by atoms with E-state index in [0.717, 1.165) is 54.5 Å². The summed E-state index contributed by atoms with van der Waals surface area (Å²) in [5, 5.41) is 7.97. The van der Waals surface area contributed by atoms with Gasteiger partial charge in [0.25, 0.3) is 0 Å². The molecule has 0 saturated heterocycles. The van der Waals surface area contributed by atoms with Gasteiger partial charge in [-0.1, -0.05) is 29.8 Å². The molecule has 0 unspecified atom stereocenters. The third kappa shape index (κ3) is 6.92. The van der Waals surface area contributed by atoms with Crippen LogP contribution in [0, 0.1) is 18.8 Å². The molecule has 0 aliphatic heterocycles. The first kappa shape index (κ1) is 25.4. The molecule has 4 rings (SSSR count). The van der Waals surface area contributed by atoms with Crippen molar-refractivity contribution in [1.29, 1.82) is 0 Å². The molecule has 0 spiro atoms. The highest BCUT2D eigenvalue weighted by atomic mass is 32.2. The van der Waals surface area contributed by atoms with Gasteiger partial charge in [0, 0.05) is 24.0 Å². The van der Waals surface area contributed by atoms with Gasteiger partial charge in [0.1, 0.15) is 5.82 Å². The van der Waals surface area contributed by atoms with Crippen LogP contribution in [0.15, 0.2) is 53.4 Å². The summed E-state index contributed by atoms with van der Waals surface area (Å²) in [7, 11) is -3.46. The molecule has 0 bridgehead atoms. The Morgan fingerprint density at radius 2 is 1.51 bits per heavy atom. The van der Waals surface area contributed by atoms with Crippen molar-refractivity contribution in [2.24, 2.45) is 11.8 Å². The number of hydrogen-bond donors (Lipinski definition) is 3. The molecule has 35 heavy (non-hydrogen) atoms. The molecule has 3 aromatic rings. The lowest BCUT2D eigenvalue weighted by Crippen LogP contribution is -2.32. The summed E-state index contributed by atoms with van der Waals surface area (Å²) >= 11 is 0. The number of sulfonamides is 1. The second-order valence-electron chi connectivity index (χ2n) is 10.7. The van der Waals surface area contributed by atoms with Gasteiger partial charge < -0.3 is 10.6 Å². The average molecular weight is 496 g/mol. The first-order chi connectivity index (χ1) is 16.6. The third-order valence-corrected chi connectivity index (χ3v) is 7.94. The van der Waals surface area contributed by atoms with E-state index in [-0.39, 0.29) is 5.54 Å². The molecule has 1 saturated carbocycles. The number of benzene rings is 2. The van der Waals surface area contributed by atoms with Crippen LogP contribution in [-0.4, -0.2) is 37.0 Å². The van der Waals surface area contributed by atoms with E-state index < -0.39 is 10.0 Å². The van der Waals surface area contributed by atoms with Crippen LogP contribution >= 0.6 is 0 Å². The van der Waals surface area contributed by atoms with Gasteiger partial charge in [-0.05, 0) is 89.5 Å². The number of aromatic nitrogens is 2. The SMILES string of the molecule is Cc1ccc(S(=O)(=O)NC[C@H]2CC[C@H](CNc3nc(NC(C)(C)C)c4ccccc4n3)CC2)cc1. The molecule has 1 aliphatic rings. The fourth-order valence-electron chi connectivity index (χ4n) is 4.51. The van der Waals surface area contributed by atoms with Crippen molar-refractivity contribution in [3.63, 3.8) is 0 Å². The van der Waals surface area contributed by atoms with E-state index in [1.165, 1.54) is 0 Å². The molecule has 0 amide bonds. The smallest absolute Gasteiger partial charge is 0.240 e. The van der Waals surface area contributed by atoms with Crippen LogP contribution in [-0.2, 0) is 10.0 Å². The van der Waals surface area contributed by atoms with E-state index in [4.69, 9.17) is 9.97 Å². The van der Waals surface area contributed by atoms with Crippen molar-refractivity contribution in [2.45, 2.75) is 63.8 Å². The predicted octanol–water partition coefficient (Wildman–Crippen LogP) is 5.35. The quantitative estimate of drug-likeness (QED) is 0.390. The summed E-state index contributed by atoms with van der Waals surface area (Å²) in [6, 6.07) is 15.0. The molecule has 1 heterocycles. The van der Waals surface area contributed by atoms with Crippen molar-refractivity contribution < 1.29 is 8.42 Å². The van der Waals surface area contributed by atoms with Crippen molar-refractivity contribution in [3.8, 4) is 0 Å². The number of nitrogens with one attached hydrogen (secondary N) is 3. The fraction of sp³-hybridized carbons (Fsp3) is 0.481. The molecule has 2 aromatic carbocycles. The van der Waals surface area contributed by atoms with Gasteiger partial charge in [0.05, 0.1) is 10.4 Å². The number of para-hydroxylation sites is 1. The summed E-state index contributed by atoms with van der Waals surface area (Å²) in [6.07, 6.45) is 4.14. The fourth-order valence-corrected chi connectivity index (χ4v) is 5.63.